The molecule has 0 fully saturated rings. The second kappa shape index (κ2) is 5.46. The van der Waals surface area contributed by atoms with Crippen molar-refractivity contribution in [1.29, 1.82) is 0 Å². The van der Waals surface area contributed by atoms with E-state index < -0.39 is 0 Å². The van der Waals surface area contributed by atoms with Crippen LogP contribution in [0.1, 0.15) is 12.8 Å². The highest BCUT2D eigenvalue weighted by atomic mass is 35.5. The Balaban J connectivity index is 1.91. The van der Waals surface area contributed by atoms with Crippen LogP contribution in [0.2, 0.25) is 10.0 Å². The Morgan fingerprint density at radius 1 is 1.38 bits per heavy atom. The molecule has 16 heavy (non-hydrogen) atoms. The Labute approximate surface area is 105 Å². The molecule has 86 valence electrons. The van der Waals surface area contributed by atoms with Gasteiger partial charge in [-0.25, -0.2) is 0 Å². The van der Waals surface area contributed by atoms with Gasteiger partial charge in [0.25, 0.3) is 0 Å². The van der Waals surface area contributed by atoms with Crippen LogP contribution in [0.3, 0.4) is 0 Å². The van der Waals surface area contributed by atoms with Gasteiger partial charge in [-0.15, -0.1) is 0 Å². The molecule has 2 nitrogen and oxygen atoms in total. The number of nitrogens with one attached hydrogen (secondary N) is 1. The number of ether oxygens (including phenoxy) is 1. The van der Waals surface area contributed by atoms with Gasteiger partial charge < -0.3 is 10.1 Å². The molecule has 0 radical (unpaired) electrons. The van der Waals surface area contributed by atoms with E-state index in [0.717, 1.165) is 25.1 Å². The van der Waals surface area contributed by atoms with Gasteiger partial charge in [0.2, 0.25) is 0 Å². The van der Waals surface area contributed by atoms with Gasteiger partial charge in [-0.05, 0) is 37.1 Å². The lowest BCUT2D eigenvalue weighted by Crippen LogP contribution is -2.23. The van der Waals surface area contributed by atoms with Crippen molar-refractivity contribution in [2.75, 3.05) is 11.9 Å². The molecule has 1 atom stereocenters. The summed E-state index contributed by atoms with van der Waals surface area (Å²) < 4.78 is 5.45. The fourth-order valence-corrected chi connectivity index (χ4v) is 2.07. The normalized spacial score (nSPS) is 19.2. The predicted octanol–water partition coefficient (Wildman–Crippen LogP) is 4.10. The van der Waals surface area contributed by atoms with Crippen LogP contribution in [0.25, 0.3) is 0 Å². The largest absolute Gasteiger partial charge is 0.497 e. The molecular weight excluding hydrogens is 245 g/mol. The number of hydrogen-bond acceptors (Lipinski definition) is 2. The van der Waals surface area contributed by atoms with E-state index in [1.54, 1.807) is 12.3 Å². The lowest BCUT2D eigenvalue weighted by molar-refractivity contribution is 0.135. The lowest BCUT2D eigenvalue weighted by Gasteiger charge is -2.20. The van der Waals surface area contributed by atoms with Crippen molar-refractivity contribution in [2.24, 2.45) is 0 Å². The van der Waals surface area contributed by atoms with Crippen LogP contribution in [0, 0.1) is 0 Å². The van der Waals surface area contributed by atoms with Crippen LogP contribution < -0.4 is 5.32 Å². The molecule has 1 aromatic rings. The molecule has 1 unspecified atom stereocenters. The molecule has 4 heteroatoms. The maximum atomic E-state index is 6.05. The summed E-state index contributed by atoms with van der Waals surface area (Å²) in [6.07, 6.45) is 6.12. The molecule has 0 amide bonds. The molecular formula is C12H13Cl2NO. The standard InChI is InChI=1S/C12H13Cl2NO/c13-9-4-5-12(11(14)7-9)15-8-10-3-1-2-6-16-10/h2,4-7,10,15H,1,3,8H2. The fraction of sp³-hybridized carbons (Fsp3) is 0.333. The van der Waals surface area contributed by atoms with Crippen molar-refractivity contribution >= 4 is 28.9 Å². The minimum atomic E-state index is 0.219. The summed E-state index contributed by atoms with van der Waals surface area (Å²) in [5.41, 5.74) is 0.893. The summed E-state index contributed by atoms with van der Waals surface area (Å²) in [5, 5.41) is 4.54. The van der Waals surface area contributed by atoms with Crippen LogP contribution in [0.15, 0.2) is 30.5 Å². The van der Waals surface area contributed by atoms with E-state index in [4.69, 9.17) is 27.9 Å². The lowest BCUT2D eigenvalue weighted by atomic mass is 10.1. The summed E-state index contributed by atoms with van der Waals surface area (Å²) in [6, 6.07) is 5.42. The van der Waals surface area contributed by atoms with Crippen molar-refractivity contribution in [3.05, 3.63) is 40.6 Å². The van der Waals surface area contributed by atoms with Crippen molar-refractivity contribution in [3.63, 3.8) is 0 Å². The Bertz CT molecular complexity index is 393. The molecule has 0 spiro atoms. The summed E-state index contributed by atoms with van der Waals surface area (Å²) in [7, 11) is 0. The zero-order valence-corrected chi connectivity index (χ0v) is 10.3. The first-order chi connectivity index (χ1) is 7.75. The quantitative estimate of drug-likeness (QED) is 0.881. The summed E-state index contributed by atoms with van der Waals surface area (Å²) in [5.74, 6) is 0. The monoisotopic (exact) mass is 257 g/mol. The second-order valence-electron chi connectivity index (χ2n) is 3.71. The summed E-state index contributed by atoms with van der Waals surface area (Å²) >= 11 is 11.9. The van der Waals surface area contributed by atoms with Crippen LogP contribution in [0.4, 0.5) is 5.69 Å². The van der Waals surface area contributed by atoms with Gasteiger partial charge >= 0.3 is 0 Å². The van der Waals surface area contributed by atoms with E-state index >= 15 is 0 Å². The minimum Gasteiger partial charge on any atom is -0.497 e. The summed E-state index contributed by atoms with van der Waals surface area (Å²) in [4.78, 5) is 0. The number of benzene rings is 1. The fourth-order valence-electron chi connectivity index (χ4n) is 1.59. The van der Waals surface area contributed by atoms with Gasteiger partial charge in [0, 0.05) is 5.02 Å². The molecule has 0 saturated heterocycles. The van der Waals surface area contributed by atoms with Crippen LogP contribution >= 0.6 is 23.2 Å². The third-order valence-electron chi connectivity index (χ3n) is 2.47. The average Bonchev–Trinajstić information content (AvgIpc) is 2.29. The minimum absolute atomic E-state index is 0.219. The van der Waals surface area contributed by atoms with Gasteiger partial charge in [-0.1, -0.05) is 23.2 Å². The first-order valence-corrected chi connectivity index (χ1v) is 6.00. The van der Waals surface area contributed by atoms with Crippen molar-refractivity contribution in [1.82, 2.24) is 0 Å². The number of allylic oxidation sites excluding steroid dienone is 1. The number of halogens is 2. The highest BCUT2D eigenvalue weighted by Gasteiger charge is 2.11. The zero-order valence-electron chi connectivity index (χ0n) is 8.75. The highest BCUT2D eigenvalue weighted by molar-refractivity contribution is 6.36. The van der Waals surface area contributed by atoms with Crippen molar-refractivity contribution in [2.45, 2.75) is 18.9 Å². The highest BCUT2D eigenvalue weighted by Crippen LogP contribution is 2.25. The van der Waals surface area contributed by atoms with E-state index in [0.29, 0.717) is 10.0 Å². The summed E-state index contributed by atoms with van der Waals surface area (Å²) in [6.45, 7) is 0.756. The van der Waals surface area contributed by atoms with E-state index in [1.807, 2.05) is 18.2 Å². The number of rotatable bonds is 3. The van der Waals surface area contributed by atoms with Crippen LogP contribution in [0.5, 0.6) is 0 Å². The molecule has 1 aromatic carbocycles. The topological polar surface area (TPSA) is 21.3 Å². The number of hydrogen-bond donors (Lipinski definition) is 1. The van der Waals surface area contributed by atoms with Crippen LogP contribution in [-0.4, -0.2) is 12.6 Å². The zero-order chi connectivity index (χ0) is 11.4. The number of anilines is 1. The average molecular weight is 258 g/mol. The predicted molar refractivity (Wildman–Crippen MR) is 68.2 cm³/mol. The van der Waals surface area contributed by atoms with Gasteiger partial charge in [-0.3, -0.25) is 0 Å². The maximum Gasteiger partial charge on any atom is 0.115 e. The Hall–Kier alpha value is -0.860. The smallest absolute Gasteiger partial charge is 0.115 e. The molecule has 0 aromatic heterocycles. The molecule has 0 bridgehead atoms. The third kappa shape index (κ3) is 3.06. The SMILES string of the molecule is Clc1ccc(NCC2CCC=CO2)c(Cl)c1. The van der Waals surface area contributed by atoms with Gasteiger partial charge in [-0.2, -0.15) is 0 Å². The van der Waals surface area contributed by atoms with Gasteiger partial charge in [0.15, 0.2) is 0 Å². The van der Waals surface area contributed by atoms with E-state index in [2.05, 4.69) is 5.32 Å². The molecule has 0 aliphatic carbocycles. The molecule has 1 aliphatic heterocycles. The first-order valence-electron chi connectivity index (χ1n) is 5.25. The Morgan fingerprint density at radius 2 is 2.25 bits per heavy atom. The molecule has 1 N–H and O–H groups in total. The second-order valence-corrected chi connectivity index (χ2v) is 4.56. The third-order valence-corrected chi connectivity index (χ3v) is 3.02. The first kappa shape index (κ1) is 11.6. The van der Waals surface area contributed by atoms with Gasteiger partial charge in [0.1, 0.15) is 6.10 Å². The van der Waals surface area contributed by atoms with Gasteiger partial charge in [0.05, 0.1) is 23.5 Å². The molecule has 1 aliphatic rings. The van der Waals surface area contributed by atoms with E-state index in [-0.39, 0.29) is 6.10 Å². The van der Waals surface area contributed by atoms with E-state index in [9.17, 15) is 0 Å². The van der Waals surface area contributed by atoms with Crippen molar-refractivity contribution < 1.29 is 4.74 Å². The maximum absolute atomic E-state index is 6.05. The van der Waals surface area contributed by atoms with Crippen molar-refractivity contribution in [3.8, 4) is 0 Å². The molecule has 2 rings (SSSR count). The molecule has 1 heterocycles. The molecule has 0 saturated carbocycles. The van der Waals surface area contributed by atoms with E-state index in [1.165, 1.54) is 0 Å². The Morgan fingerprint density at radius 3 is 2.94 bits per heavy atom. The van der Waals surface area contributed by atoms with Crippen LogP contribution in [-0.2, 0) is 4.74 Å². The Kier molecular flexibility index (Phi) is 3.97.